The van der Waals surface area contributed by atoms with Gasteiger partial charge in [0.1, 0.15) is 0 Å². The molecule has 0 saturated carbocycles. The Labute approximate surface area is 142 Å². The van der Waals surface area contributed by atoms with Crippen molar-refractivity contribution >= 4 is 17.7 Å². The largest absolute Gasteiger partial charge is 0.411 e. The van der Waals surface area contributed by atoms with Crippen molar-refractivity contribution in [2.24, 2.45) is 0 Å². The molecule has 0 aliphatic heterocycles. The minimum atomic E-state index is -4.13. The Balaban J connectivity index is 2.81. The number of benzene rings is 1. The van der Waals surface area contributed by atoms with Crippen LogP contribution in [-0.2, 0) is 38.0 Å². The van der Waals surface area contributed by atoms with Gasteiger partial charge in [0.15, 0.2) is 6.35 Å². The van der Waals surface area contributed by atoms with E-state index in [4.69, 9.17) is 23.3 Å². The maximum atomic E-state index is 12.5. The van der Waals surface area contributed by atoms with E-state index < -0.39 is 36.3 Å². The summed E-state index contributed by atoms with van der Waals surface area (Å²) in [7, 11) is -8.23. The summed E-state index contributed by atoms with van der Waals surface area (Å²) in [4.78, 5) is 9.49. The summed E-state index contributed by atoms with van der Waals surface area (Å²) in [5.41, 5.74) is 0.891. The van der Waals surface area contributed by atoms with Gasteiger partial charge in [-0.3, -0.25) is 8.75 Å². The van der Waals surface area contributed by atoms with Crippen LogP contribution in [0, 0.1) is 6.92 Å². The van der Waals surface area contributed by atoms with Gasteiger partial charge < -0.3 is 0 Å². The molecule has 0 spiro atoms. The van der Waals surface area contributed by atoms with Gasteiger partial charge in [0, 0.05) is 0 Å². The summed E-state index contributed by atoms with van der Waals surface area (Å²) in [6, 6.07) is 6.00. The molecule has 0 saturated heterocycles. The second-order valence-electron chi connectivity index (χ2n) is 5.56. The Morgan fingerprint density at radius 2 is 1.42 bits per heavy atom. The molecule has 1 aromatic rings. The van der Waals surface area contributed by atoms with Crippen LogP contribution in [0.25, 0.3) is 0 Å². The van der Waals surface area contributed by atoms with Gasteiger partial charge in [-0.2, -0.15) is 8.42 Å². The molecular weight excluding hydrogens is 359 g/mol. The summed E-state index contributed by atoms with van der Waals surface area (Å²) in [6.07, 6.45) is -1.73. The average molecular weight is 382 g/mol. The highest BCUT2D eigenvalue weighted by molar-refractivity contribution is 7.87. The van der Waals surface area contributed by atoms with E-state index in [-0.39, 0.29) is 4.90 Å². The molecule has 0 amide bonds. The average Bonchev–Trinajstić information content (AvgIpc) is 2.50. The zero-order valence-corrected chi connectivity index (χ0v) is 16.0. The van der Waals surface area contributed by atoms with Crippen LogP contribution in [-0.4, -0.2) is 27.0 Å². The lowest BCUT2D eigenvalue weighted by molar-refractivity contribution is -0.292. The molecule has 0 unspecified atom stereocenters. The first kappa shape index (κ1) is 21.2. The van der Waals surface area contributed by atoms with Crippen LogP contribution in [0.2, 0.25) is 0 Å². The van der Waals surface area contributed by atoms with E-state index in [0.29, 0.717) is 0 Å². The standard InChI is InChI=1S/C14H23O8PS/c1-11(2)19-21-23(15,22-20-12(3)4)10-18-24(16,17)14-8-6-13(5)7-9-14/h6-9,11-12H,10H2,1-5H3. The van der Waals surface area contributed by atoms with Gasteiger partial charge in [-0.25, -0.2) is 9.78 Å². The highest BCUT2D eigenvalue weighted by atomic mass is 32.2. The van der Waals surface area contributed by atoms with Crippen molar-refractivity contribution in [2.75, 3.05) is 6.35 Å². The van der Waals surface area contributed by atoms with Crippen molar-refractivity contribution in [3.8, 4) is 0 Å². The molecule has 0 aliphatic rings. The van der Waals surface area contributed by atoms with E-state index in [1.54, 1.807) is 39.8 Å². The van der Waals surface area contributed by atoms with Gasteiger partial charge in [-0.15, -0.1) is 9.35 Å². The van der Waals surface area contributed by atoms with Crippen molar-refractivity contribution in [1.29, 1.82) is 0 Å². The maximum Gasteiger partial charge on any atom is 0.411 e. The summed E-state index contributed by atoms with van der Waals surface area (Å²) >= 11 is 0. The summed E-state index contributed by atoms with van der Waals surface area (Å²) in [5.74, 6) is 0. The molecule has 8 nitrogen and oxygen atoms in total. The monoisotopic (exact) mass is 382 g/mol. The molecule has 10 heteroatoms. The SMILES string of the molecule is Cc1ccc(S(=O)(=O)OCP(=O)(OOC(C)C)OOC(C)C)cc1. The summed E-state index contributed by atoms with van der Waals surface area (Å²) in [5, 5.41) is 0. The third-order valence-corrected chi connectivity index (χ3v) is 4.90. The summed E-state index contributed by atoms with van der Waals surface area (Å²) < 4.78 is 50.9. The number of hydrogen-bond donors (Lipinski definition) is 0. The Bertz CT molecular complexity index is 638. The van der Waals surface area contributed by atoms with E-state index in [1.165, 1.54) is 12.1 Å². The van der Waals surface area contributed by atoms with Crippen LogP contribution in [0.15, 0.2) is 29.2 Å². The van der Waals surface area contributed by atoms with Crippen molar-refractivity contribution in [1.82, 2.24) is 0 Å². The number of rotatable bonds is 10. The molecule has 1 rings (SSSR count). The molecular formula is C14H23O8PS. The minimum Gasteiger partial charge on any atom is -0.253 e. The van der Waals surface area contributed by atoms with Crippen molar-refractivity contribution in [2.45, 2.75) is 51.7 Å². The number of aryl methyl sites for hydroxylation is 1. The van der Waals surface area contributed by atoms with Crippen molar-refractivity contribution in [3.05, 3.63) is 29.8 Å². The summed E-state index contributed by atoms with van der Waals surface area (Å²) in [6.45, 7) is 8.36. The lowest BCUT2D eigenvalue weighted by Crippen LogP contribution is -2.13. The molecule has 0 fully saturated rings. The molecule has 0 N–H and O–H groups in total. The second kappa shape index (κ2) is 9.05. The number of hydrogen-bond acceptors (Lipinski definition) is 8. The van der Waals surface area contributed by atoms with Crippen LogP contribution in [0.4, 0.5) is 0 Å². The molecule has 0 radical (unpaired) electrons. The van der Waals surface area contributed by atoms with E-state index in [0.717, 1.165) is 5.56 Å². The molecule has 0 aromatic heterocycles. The minimum absolute atomic E-state index is 0.0748. The van der Waals surface area contributed by atoms with Gasteiger partial charge in [-0.05, 0) is 46.8 Å². The Morgan fingerprint density at radius 3 is 1.83 bits per heavy atom. The molecule has 0 aliphatic carbocycles. The highest BCUT2D eigenvalue weighted by Crippen LogP contribution is 2.49. The fourth-order valence-corrected chi connectivity index (χ4v) is 3.66. The topological polar surface area (TPSA) is 97.4 Å². The predicted octanol–water partition coefficient (Wildman–Crippen LogP) is 3.56. The van der Waals surface area contributed by atoms with Gasteiger partial charge in [0.05, 0.1) is 17.1 Å². The third-order valence-electron chi connectivity index (χ3n) is 2.37. The van der Waals surface area contributed by atoms with E-state index in [1.807, 2.05) is 6.92 Å². The molecule has 0 heterocycles. The lowest BCUT2D eigenvalue weighted by Gasteiger charge is -2.18. The zero-order chi connectivity index (χ0) is 18.4. The first-order chi connectivity index (χ1) is 11.0. The molecule has 0 atom stereocenters. The predicted molar refractivity (Wildman–Crippen MR) is 86.5 cm³/mol. The van der Waals surface area contributed by atoms with E-state index in [9.17, 15) is 13.0 Å². The molecule has 1 aromatic carbocycles. The molecule has 0 bridgehead atoms. The van der Waals surface area contributed by atoms with Gasteiger partial charge >= 0.3 is 7.60 Å². The zero-order valence-electron chi connectivity index (χ0n) is 14.3. The smallest absolute Gasteiger partial charge is 0.253 e. The van der Waals surface area contributed by atoms with E-state index >= 15 is 0 Å². The highest BCUT2D eigenvalue weighted by Gasteiger charge is 2.33. The Morgan fingerprint density at radius 1 is 0.958 bits per heavy atom. The van der Waals surface area contributed by atoms with Crippen molar-refractivity contribution < 1.29 is 36.3 Å². The molecule has 24 heavy (non-hydrogen) atoms. The normalized spacial score (nSPS) is 13.0. The fourth-order valence-electron chi connectivity index (χ4n) is 1.27. The van der Waals surface area contributed by atoms with Gasteiger partial charge in [0.25, 0.3) is 10.1 Å². The van der Waals surface area contributed by atoms with Crippen molar-refractivity contribution in [3.63, 3.8) is 0 Å². The van der Waals surface area contributed by atoms with Crippen LogP contribution in [0.3, 0.4) is 0 Å². The fraction of sp³-hybridized carbons (Fsp3) is 0.571. The maximum absolute atomic E-state index is 12.5. The second-order valence-corrected chi connectivity index (χ2v) is 8.96. The first-order valence-corrected chi connectivity index (χ1v) is 10.4. The first-order valence-electron chi connectivity index (χ1n) is 7.29. The molecule has 138 valence electrons. The van der Waals surface area contributed by atoms with Gasteiger partial charge in [0.2, 0.25) is 0 Å². The van der Waals surface area contributed by atoms with Crippen LogP contribution in [0.1, 0.15) is 33.3 Å². The Kier molecular flexibility index (Phi) is 8.01. The quantitative estimate of drug-likeness (QED) is 0.262. The lowest BCUT2D eigenvalue weighted by atomic mass is 10.2. The van der Waals surface area contributed by atoms with Crippen LogP contribution < -0.4 is 0 Å². The van der Waals surface area contributed by atoms with Crippen LogP contribution >= 0.6 is 7.60 Å². The third kappa shape index (κ3) is 7.40. The Hall–Kier alpha value is -0.800. The van der Waals surface area contributed by atoms with Gasteiger partial charge in [-0.1, -0.05) is 17.7 Å². The van der Waals surface area contributed by atoms with E-state index in [2.05, 4.69) is 0 Å². The van der Waals surface area contributed by atoms with Crippen LogP contribution in [0.5, 0.6) is 0 Å².